The number of halogens is 2. The molecule has 0 bridgehead atoms. The van der Waals surface area contributed by atoms with Gasteiger partial charge >= 0.3 is 5.97 Å². The van der Waals surface area contributed by atoms with Crippen LogP contribution in [0.3, 0.4) is 0 Å². The summed E-state index contributed by atoms with van der Waals surface area (Å²) in [6.45, 7) is 3.64. The second-order valence-corrected chi connectivity index (χ2v) is 8.78. The average molecular weight is 422 g/mol. The van der Waals surface area contributed by atoms with E-state index in [1.165, 1.54) is 6.07 Å². The maximum atomic E-state index is 15.0. The number of hydrogen-bond acceptors (Lipinski definition) is 4. The molecule has 2 heterocycles. The molecule has 0 radical (unpaired) electrons. The lowest BCUT2D eigenvalue weighted by atomic mass is 10.00. The normalized spacial score (nSPS) is 20.6. The third kappa shape index (κ3) is 3.40. The molecule has 2 aromatic rings. The predicted molar refractivity (Wildman–Crippen MR) is 112 cm³/mol. The molecule has 8 heteroatoms. The topological polar surface area (TPSA) is 65.8 Å². The van der Waals surface area contributed by atoms with Gasteiger partial charge in [0.2, 0.25) is 5.43 Å². The molecular formula is C21H25ClFN3O3. The number of pyridine rings is 1. The van der Waals surface area contributed by atoms with Gasteiger partial charge in [-0.2, -0.15) is 0 Å². The molecule has 1 saturated carbocycles. The van der Waals surface area contributed by atoms with Crippen molar-refractivity contribution < 1.29 is 14.3 Å². The molecule has 2 fully saturated rings. The summed E-state index contributed by atoms with van der Waals surface area (Å²) in [5, 5.41) is 9.44. The molecule has 6 nitrogen and oxygen atoms in total. The highest BCUT2D eigenvalue weighted by Crippen LogP contribution is 2.41. The van der Waals surface area contributed by atoms with Crippen LogP contribution in [0.15, 0.2) is 16.9 Å². The van der Waals surface area contributed by atoms with Gasteiger partial charge in [0, 0.05) is 30.6 Å². The lowest BCUT2D eigenvalue weighted by molar-refractivity contribution is 0.0695. The molecule has 2 unspecified atom stereocenters. The largest absolute Gasteiger partial charge is 0.477 e. The van der Waals surface area contributed by atoms with Gasteiger partial charge in [-0.1, -0.05) is 11.6 Å². The summed E-state index contributed by atoms with van der Waals surface area (Å²) in [5.41, 5.74) is -0.272. The van der Waals surface area contributed by atoms with Crippen LogP contribution >= 0.6 is 11.6 Å². The van der Waals surface area contributed by atoms with Gasteiger partial charge in [0.05, 0.1) is 11.2 Å². The van der Waals surface area contributed by atoms with E-state index in [1.807, 2.05) is 19.0 Å². The Hall–Kier alpha value is -2.12. The maximum absolute atomic E-state index is 15.0. The summed E-state index contributed by atoms with van der Waals surface area (Å²) in [7, 11) is 4.08. The number of anilines is 1. The fourth-order valence-electron chi connectivity index (χ4n) is 4.33. The van der Waals surface area contributed by atoms with Gasteiger partial charge in [0.25, 0.3) is 0 Å². The average Bonchev–Trinajstić information content (AvgIpc) is 3.36. The Morgan fingerprint density at radius 3 is 2.59 bits per heavy atom. The first-order chi connectivity index (χ1) is 13.7. The number of carboxylic acid groups (broad SMARTS) is 1. The lowest BCUT2D eigenvalue weighted by Gasteiger charge is -2.27. The maximum Gasteiger partial charge on any atom is 0.342 e. The molecular weight excluding hydrogens is 397 g/mol. The van der Waals surface area contributed by atoms with Crippen molar-refractivity contribution >= 4 is 34.2 Å². The molecule has 0 amide bonds. The summed E-state index contributed by atoms with van der Waals surface area (Å²) in [6, 6.07) is 3.27. The Labute approximate surface area is 173 Å². The number of aromatic carboxylic acids is 1. The Kier molecular flexibility index (Phi) is 5.07. The minimum Gasteiger partial charge on any atom is -0.477 e. The predicted octanol–water partition coefficient (Wildman–Crippen LogP) is 3.60. The SMILES string of the molecule is CC(C1CCN(c2cc3c(cc2F)c(=O)c(C(=O)O)c(Cl)n3C2CC2)C1)N(C)C. The van der Waals surface area contributed by atoms with Crippen LogP contribution in [0.4, 0.5) is 10.1 Å². The number of carbonyl (C=O) groups is 1. The van der Waals surface area contributed by atoms with Crippen LogP contribution in [-0.2, 0) is 0 Å². The van der Waals surface area contributed by atoms with Crippen LogP contribution in [0.1, 0.15) is 42.6 Å². The van der Waals surface area contributed by atoms with Crippen molar-refractivity contribution in [1.29, 1.82) is 0 Å². The number of aromatic nitrogens is 1. The highest BCUT2D eigenvalue weighted by Gasteiger charge is 2.33. The molecule has 1 aliphatic heterocycles. The van der Waals surface area contributed by atoms with Crippen LogP contribution in [-0.4, -0.2) is 53.8 Å². The first-order valence-electron chi connectivity index (χ1n) is 9.92. The molecule has 0 spiro atoms. The molecule has 4 rings (SSSR count). The Morgan fingerprint density at radius 1 is 1.31 bits per heavy atom. The number of carboxylic acids is 1. The van der Waals surface area contributed by atoms with Gasteiger partial charge in [-0.3, -0.25) is 4.79 Å². The van der Waals surface area contributed by atoms with Crippen molar-refractivity contribution in [2.24, 2.45) is 5.92 Å². The Bertz CT molecular complexity index is 1050. The minimum absolute atomic E-state index is 0.0436. The van der Waals surface area contributed by atoms with Gasteiger partial charge in [-0.15, -0.1) is 0 Å². The lowest BCUT2D eigenvalue weighted by Crippen LogP contribution is -2.34. The van der Waals surface area contributed by atoms with Gasteiger partial charge in [0.15, 0.2) is 0 Å². The summed E-state index contributed by atoms with van der Waals surface area (Å²) in [4.78, 5) is 28.5. The molecule has 1 saturated heterocycles. The molecule has 1 aliphatic carbocycles. The van der Waals surface area contributed by atoms with Crippen LogP contribution < -0.4 is 10.3 Å². The van der Waals surface area contributed by atoms with Crippen LogP contribution in [0.25, 0.3) is 10.9 Å². The quantitative estimate of drug-likeness (QED) is 0.747. The standard InChI is InChI=1S/C21H25ClFN3O3/c1-11(24(2)3)12-6-7-25(10-12)17-9-16-14(8-15(17)23)19(27)18(21(28)29)20(22)26(16)13-4-5-13/h8-9,11-13H,4-7,10H2,1-3H3,(H,28,29). The third-order valence-corrected chi connectivity index (χ3v) is 6.77. The number of hydrogen-bond donors (Lipinski definition) is 1. The first-order valence-corrected chi connectivity index (χ1v) is 10.3. The zero-order chi connectivity index (χ0) is 21.0. The summed E-state index contributed by atoms with van der Waals surface area (Å²) < 4.78 is 16.7. The summed E-state index contributed by atoms with van der Waals surface area (Å²) in [6.07, 6.45) is 2.68. The van der Waals surface area contributed by atoms with Gasteiger partial charge < -0.3 is 19.5 Å². The molecule has 2 aliphatic rings. The molecule has 2 atom stereocenters. The summed E-state index contributed by atoms with van der Waals surface area (Å²) >= 11 is 6.34. The molecule has 1 N–H and O–H groups in total. The molecule has 1 aromatic heterocycles. The van der Waals surface area contributed by atoms with Crippen molar-refractivity contribution in [2.75, 3.05) is 32.1 Å². The van der Waals surface area contributed by atoms with E-state index >= 15 is 4.39 Å². The smallest absolute Gasteiger partial charge is 0.342 e. The van der Waals surface area contributed by atoms with Crippen LogP contribution in [0, 0.1) is 11.7 Å². The van der Waals surface area contributed by atoms with E-state index in [-0.39, 0.29) is 16.6 Å². The van der Waals surface area contributed by atoms with Crippen molar-refractivity contribution in [2.45, 2.75) is 38.3 Å². The molecule has 1 aromatic carbocycles. The van der Waals surface area contributed by atoms with Crippen molar-refractivity contribution in [3.05, 3.63) is 38.9 Å². The zero-order valence-electron chi connectivity index (χ0n) is 16.8. The van der Waals surface area contributed by atoms with Crippen molar-refractivity contribution in [3.8, 4) is 0 Å². The highest BCUT2D eigenvalue weighted by atomic mass is 35.5. The van der Waals surface area contributed by atoms with E-state index in [0.717, 1.165) is 32.4 Å². The minimum atomic E-state index is -1.39. The van der Waals surface area contributed by atoms with E-state index in [2.05, 4.69) is 11.8 Å². The van der Waals surface area contributed by atoms with Crippen molar-refractivity contribution in [3.63, 3.8) is 0 Å². The van der Waals surface area contributed by atoms with E-state index in [9.17, 15) is 14.7 Å². The van der Waals surface area contributed by atoms with E-state index < -0.39 is 22.8 Å². The number of nitrogens with zero attached hydrogens (tertiary/aromatic N) is 3. The number of rotatable bonds is 5. The van der Waals surface area contributed by atoms with E-state index in [4.69, 9.17) is 11.6 Å². The fraction of sp³-hybridized carbons (Fsp3) is 0.524. The van der Waals surface area contributed by atoms with Crippen LogP contribution in [0.5, 0.6) is 0 Å². The van der Waals surface area contributed by atoms with Crippen LogP contribution in [0.2, 0.25) is 5.15 Å². The fourth-order valence-corrected chi connectivity index (χ4v) is 4.72. The second kappa shape index (κ2) is 7.29. The Balaban J connectivity index is 1.83. The van der Waals surface area contributed by atoms with Gasteiger partial charge in [0.1, 0.15) is 16.5 Å². The monoisotopic (exact) mass is 421 g/mol. The summed E-state index contributed by atoms with van der Waals surface area (Å²) in [5.74, 6) is -1.47. The molecule has 156 valence electrons. The highest BCUT2D eigenvalue weighted by molar-refractivity contribution is 6.33. The second-order valence-electron chi connectivity index (χ2n) is 8.42. The van der Waals surface area contributed by atoms with E-state index in [0.29, 0.717) is 23.2 Å². The Morgan fingerprint density at radius 2 is 2.00 bits per heavy atom. The van der Waals surface area contributed by atoms with E-state index in [1.54, 1.807) is 10.6 Å². The zero-order valence-corrected chi connectivity index (χ0v) is 17.5. The third-order valence-electron chi connectivity index (χ3n) is 6.40. The van der Waals surface area contributed by atoms with Gasteiger partial charge in [-0.05, 0) is 58.3 Å². The number of fused-ring (bicyclic) bond motifs is 1. The van der Waals surface area contributed by atoms with Gasteiger partial charge in [-0.25, -0.2) is 9.18 Å². The number of benzene rings is 1. The van der Waals surface area contributed by atoms with Crippen molar-refractivity contribution in [1.82, 2.24) is 9.47 Å². The molecule has 29 heavy (non-hydrogen) atoms. The first kappa shape index (κ1) is 20.2.